The third-order valence-corrected chi connectivity index (χ3v) is 3.91. The van der Waals surface area contributed by atoms with Crippen molar-refractivity contribution in [3.8, 4) is 0 Å². The second-order valence-corrected chi connectivity index (χ2v) is 5.38. The van der Waals surface area contributed by atoms with Crippen LogP contribution >= 0.6 is 0 Å². The molecule has 1 fully saturated rings. The summed E-state index contributed by atoms with van der Waals surface area (Å²) in [6, 6.07) is 8.65. The summed E-state index contributed by atoms with van der Waals surface area (Å²) in [5, 5.41) is 3.47. The van der Waals surface area contributed by atoms with Gasteiger partial charge in [-0.15, -0.1) is 0 Å². The Morgan fingerprint density at radius 1 is 1.37 bits per heavy atom. The van der Waals surface area contributed by atoms with Crippen LogP contribution in [0.5, 0.6) is 0 Å². The molecule has 0 aromatic heterocycles. The molecule has 0 spiro atoms. The molecule has 0 aliphatic carbocycles. The monoisotopic (exact) mass is 261 g/mol. The van der Waals surface area contributed by atoms with Crippen LogP contribution in [0.15, 0.2) is 24.3 Å². The Morgan fingerprint density at radius 3 is 2.68 bits per heavy atom. The van der Waals surface area contributed by atoms with E-state index in [1.54, 1.807) is 0 Å². The van der Waals surface area contributed by atoms with Crippen molar-refractivity contribution in [1.29, 1.82) is 0 Å². The SMILES string of the molecule is COC(=O)[C@@H](Cc1ccc(C)cc1)[C@@H]1CCCCN1. The van der Waals surface area contributed by atoms with E-state index in [1.165, 1.54) is 31.1 Å². The van der Waals surface area contributed by atoms with Gasteiger partial charge in [0.15, 0.2) is 0 Å². The third-order valence-electron chi connectivity index (χ3n) is 3.91. The lowest BCUT2D eigenvalue weighted by molar-refractivity contribution is -0.146. The van der Waals surface area contributed by atoms with Crippen LogP contribution in [0.4, 0.5) is 0 Å². The molecule has 1 aliphatic heterocycles. The smallest absolute Gasteiger partial charge is 0.310 e. The predicted octanol–water partition coefficient (Wildman–Crippen LogP) is 2.47. The fourth-order valence-corrected chi connectivity index (χ4v) is 2.74. The van der Waals surface area contributed by atoms with E-state index in [0.717, 1.165) is 19.4 Å². The Hall–Kier alpha value is -1.35. The topological polar surface area (TPSA) is 38.3 Å². The summed E-state index contributed by atoms with van der Waals surface area (Å²) in [7, 11) is 1.48. The van der Waals surface area contributed by atoms with Crippen molar-refractivity contribution >= 4 is 5.97 Å². The number of hydrogen-bond donors (Lipinski definition) is 1. The van der Waals surface area contributed by atoms with E-state index in [-0.39, 0.29) is 17.9 Å². The van der Waals surface area contributed by atoms with E-state index in [4.69, 9.17) is 4.74 Å². The van der Waals surface area contributed by atoms with Gasteiger partial charge in [0.25, 0.3) is 0 Å². The van der Waals surface area contributed by atoms with Gasteiger partial charge in [0.1, 0.15) is 0 Å². The predicted molar refractivity (Wildman–Crippen MR) is 76.0 cm³/mol. The number of aryl methyl sites for hydroxylation is 1. The fourth-order valence-electron chi connectivity index (χ4n) is 2.74. The first-order valence-corrected chi connectivity index (χ1v) is 7.07. The minimum absolute atomic E-state index is 0.0759. The van der Waals surface area contributed by atoms with Crippen LogP contribution in [0.3, 0.4) is 0 Å². The molecule has 3 nitrogen and oxygen atoms in total. The quantitative estimate of drug-likeness (QED) is 0.846. The number of nitrogens with one attached hydrogen (secondary N) is 1. The number of methoxy groups -OCH3 is 1. The Labute approximate surface area is 115 Å². The number of hydrogen-bond acceptors (Lipinski definition) is 3. The minimum Gasteiger partial charge on any atom is -0.469 e. The highest BCUT2D eigenvalue weighted by Gasteiger charge is 2.30. The van der Waals surface area contributed by atoms with Gasteiger partial charge < -0.3 is 10.1 Å². The number of esters is 1. The van der Waals surface area contributed by atoms with Crippen LogP contribution in [0.2, 0.25) is 0 Å². The molecule has 0 radical (unpaired) electrons. The van der Waals surface area contributed by atoms with E-state index < -0.39 is 0 Å². The molecule has 0 saturated carbocycles. The van der Waals surface area contributed by atoms with Crippen LogP contribution in [0.1, 0.15) is 30.4 Å². The largest absolute Gasteiger partial charge is 0.469 e. The van der Waals surface area contributed by atoms with E-state index in [2.05, 4.69) is 36.5 Å². The molecule has 3 heteroatoms. The molecule has 2 rings (SSSR count). The summed E-state index contributed by atoms with van der Waals surface area (Å²) in [4.78, 5) is 12.0. The summed E-state index contributed by atoms with van der Waals surface area (Å²) in [5.74, 6) is -0.173. The maximum atomic E-state index is 12.0. The van der Waals surface area contributed by atoms with Gasteiger partial charge in [-0.25, -0.2) is 0 Å². The van der Waals surface area contributed by atoms with Crippen molar-refractivity contribution < 1.29 is 9.53 Å². The number of rotatable bonds is 4. The Balaban J connectivity index is 2.08. The molecule has 1 heterocycles. The Morgan fingerprint density at radius 2 is 2.11 bits per heavy atom. The highest BCUT2D eigenvalue weighted by molar-refractivity contribution is 5.73. The number of benzene rings is 1. The maximum Gasteiger partial charge on any atom is 0.310 e. The first-order valence-electron chi connectivity index (χ1n) is 7.07. The molecule has 1 aromatic rings. The Kier molecular flexibility index (Phi) is 4.97. The second-order valence-electron chi connectivity index (χ2n) is 5.38. The van der Waals surface area contributed by atoms with Gasteiger partial charge >= 0.3 is 5.97 Å². The minimum atomic E-state index is -0.0972. The van der Waals surface area contributed by atoms with Gasteiger partial charge in [0.05, 0.1) is 13.0 Å². The first-order chi connectivity index (χ1) is 9.20. The van der Waals surface area contributed by atoms with Crippen molar-refractivity contribution in [1.82, 2.24) is 5.32 Å². The summed E-state index contributed by atoms with van der Waals surface area (Å²) < 4.78 is 4.98. The van der Waals surface area contributed by atoms with Gasteiger partial charge in [0.2, 0.25) is 0 Å². The van der Waals surface area contributed by atoms with E-state index in [1.807, 2.05) is 0 Å². The van der Waals surface area contributed by atoms with Crippen LogP contribution in [-0.2, 0) is 16.0 Å². The standard InChI is InChI=1S/C16H23NO2/c1-12-6-8-13(9-7-12)11-14(16(18)19-2)15-5-3-4-10-17-15/h6-9,14-15,17H,3-5,10-11H2,1-2H3/t14-,15-/m0/s1. The lowest BCUT2D eigenvalue weighted by Gasteiger charge is -2.29. The lowest BCUT2D eigenvalue weighted by atomic mass is 9.87. The molecule has 0 unspecified atom stereocenters. The van der Waals surface area contributed by atoms with Crippen molar-refractivity contribution in [3.63, 3.8) is 0 Å². The summed E-state index contributed by atoms with van der Waals surface area (Å²) >= 11 is 0. The number of piperidine rings is 1. The highest BCUT2D eigenvalue weighted by Crippen LogP contribution is 2.21. The molecule has 1 aromatic carbocycles. The average molecular weight is 261 g/mol. The lowest BCUT2D eigenvalue weighted by Crippen LogP contribution is -2.44. The molecular formula is C16H23NO2. The van der Waals surface area contributed by atoms with E-state index in [0.29, 0.717) is 0 Å². The molecule has 1 saturated heterocycles. The summed E-state index contributed by atoms with van der Waals surface area (Å²) in [6.07, 6.45) is 4.21. The van der Waals surface area contributed by atoms with Gasteiger partial charge in [-0.1, -0.05) is 36.2 Å². The zero-order valence-electron chi connectivity index (χ0n) is 11.8. The van der Waals surface area contributed by atoms with Crippen molar-refractivity contribution in [2.45, 2.75) is 38.6 Å². The zero-order chi connectivity index (χ0) is 13.7. The highest BCUT2D eigenvalue weighted by atomic mass is 16.5. The van der Waals surface area contributed by atoms with Crippen LogP contribution in [0.25, 0.3) is 0 Å². The average Bonchev–Trinajstić information content (AvgIpc) is 2.47. The number of ether oxygens (including phenoxy) is 1. The molecule has 104 valence electrons. The molecule has 2 atom stereocenters. The second kappa shape index (κ2) is 6.71. The Bertz CT molecular complexity index is 407. The van der Waals surface area contributed by atoms with Crippen molar-refractivity contribution in [2.24, 2.45) is 5.92 Å². The zero-order valence-corrected chi connectivity index (χ0v) is 11.8. The number of carbonyl (C=O) groups excluding carboxylic acids is 1. The maximum absolute atomic E-state index is 12.0. The molecule has 1 N–H and O–H groups in total. The normalized spacial score (nSPS) is 20.8. The van der Waals surface area contributed by atoms with Crippen molar-refractivity contribution in [3.05, 3.63) is 35.4 Å². The first kappa shape index (κ1) is 14.1. The van der Waals surface area contributed by atoms with E-state index >= 15 is 0 Å². The summed E-state index contributed by atoms with van der Waals surface area (Å²) in [5.41, 5.74) is 2.45. The summed E-state index contributed by atoms with van der Waals surface area (Å²) in [6.45, 7) is 3.08. The van der Waals surface area contributed by atoms with Gasteiger partial charge in [-0.05, 0) is 38.3 Å². The van der Waals surface area contributed by atoms with Crippen molar-refractivity contribution in [2.75, 3.05) is 13.7 Å². The van der Waals surface area contributed by atoms with Crippen LogP contribution in [0, 0.1) is 12.8 Å². The van der Waals surface area contributed by atoms with E-state index in [9.17, 15) is 4.79 Å². The molecule has 0 bridgehead atoms. The molecule has 19 heavy (non-hydrogen) atoms. The van der Waals surface area contributed by atoms with Crippen LogP contribution < -0.4 is 5.32 Å². The fraction of sp³-hybridized carbons (Fsp3) is 0.562. The molecule has 0 amide bonds. The molecular weight excluding hydrogens is 238 g/mol. The van der Waals surface area contributed by atoms with Crippen LogP contribution in [-0.4, -0.2) is 25.7 Å². The van der Waals surface area contributed by atoms with Gasteiger partial charge in [-0.2, -0.15) is 0 Å². The van der Waals surface area contributed by atoms with Gasteiger partial charge in [0, 0.05) is 6.04 Å². The van der Waals surface area contributed by atoms with Gasteiger partial charge in [-0.3, -0.25) is 4.79 Å². The molecule has 1 aliphatic rings. The number of carbonyl (C=O) groups is 1. The third kappa shape index (κ3) is 3.80.